The zero-order valence-corrected chi connectivity index (χ0v) is 17.1. The molecule has 2 amide bonds. The largest absolute Gasteiger partial charge is 0.489 e. The second-order valence-corrected chi connectivity index (χ2v) is 7.27. The van der Waals surface area contributed by atoms with Crippen LogP contribution in [0.1, 0.15) is 17.2 Å². The van der Waals surface area contributed by atoms with E-state index in [2.05, 4.69) is 10.6 Å². The Hall–Kier alpha value is -3.38. The van der Waals surface area contributed by atoms with Crippen LogP contribution in [-0.4, -0.2) is 31.6 Å². The van der Waals surface area contributed by atoms with E-state index in [1.54, 1.807) is 12.1 Å². The summed E-state index contributed by atoms with van der Waals surface area (Å²) in [5, 5.41) is 5.91. The molecule has 0 aromatic heterocycles. The second kappa shape index (κ2) is 10.4. The highest BCUT2D eigenvalue weighted by Gasteiger charge is 2.15. The lowest BCUT2D eigenvalue weighted by atomic mass is 10.1. The number of halogens is 1. The van der Waals surface area contributed by atoms with Crippen LogP contribution in [0.4, 0.5) is 14.9 Å². The van der Waals surface area contributed by atoms with Crippen LogP contribution in [0.5, 0.6) is 5.75 Å². The summed E-state index contributed by atoms with van der Waals surface area (Å²) in [5.74, 6) is 0.116. The molecule has 1 unspecified atom stereocenters. The number of ether oxygens (including phenoxy) is 1. The summed E-state index contributed by atoms with van der Waals surface area (Å²) < 4.78 is 18.9. The van der Waals surface area contributed by atoms with E-state index in [4.69, 9.17) is 4.74 Å². The highest BCUT2D eigenvalue weighted by atomic mass is 19.1. The first-order valence-corrected chi connectivity index (χ1v) is 9.74. The lowest BCUT2D eigenvalue weighted by molar-refractivity contribution is 0.244. The third-order valence-electron chi connectivity index (χ3n) is 4.44. The number of nitrogens with zero attached hydrogens (tertiary/aromatic N) is 1. The normalized spacial score (nSPS) is 11.7. The quantitative estimate of drug-likeness (QED) is 0.562. The number of nitrogens with one attached hydrogen (secondary N) is 2. The third-order valence-corrected chi connectivity index (χ3v) is 4.44. The number of rotatable bonds is 8. The van der Waals surface area contributed by atoms with Crippen molar-refractivity contribution >= 4 is 11.7 Å². The van der Waals surface area contributed by atoms with Crippen molar-refractivity contribution in [3.05, 3.63) is 95.8 Å². The first kappa shape index (κ1) is 21.3. The molecular weight excluding hydrogens is 381 g/mol. The van der Waals surface area contributed by atoms with Crippen molar-refractivity contribution in [1.29, 1.82) is 0 Å². The van der Waals surface area contributed by atoms with E-state index in [1.165, 1.54) is 12.1 Å². The van der Waals surface area contributed by atoms with E-state index < -0.39 is 0 Å². The Kier molecular flexibility index (Phi) is 7.40. The first-order valence-electron chi connectivity index (χ1n) is 9.74. The lowest BCUT2D eigenvalue weighted by Gasteiger charge is -2.23. The fourth-order valence-electron chi connectivity index (χ4n) is 3.07. The minimum atomic E-state index is -0.342. The van der Waals surface area contributed by atoms with Crippen LogP contribution < -0.4 is 15.4 Å². The predicted octanol–water partition coefficient (Wildman–Crippen LogP) is 4.83. The van der Waals surface area contributed by atoms with Crippen LogP contribution in [0.15, 0.2) is 78.9 Å². The highest BCUT2D eigenvalue weighted by Crippen LogP contribution is 2.17. The van der Waals surface area contributed by atoms with Crippen molar-refractivity contribution in [3.8, 4) is 5.75 Å². The fraction of sp³-hybridized carbons (Fsp3) is 0.208. The van der Waals surface area contributed by atoms with Crippen molar-refractivity contribution in [3.63, 3.8) is 0 Å². The van der Waals surface area contributed by atoms with Crippen molar-refractivity contribution in [2.45, 2.75) is 12.6 Å². The average Bonchev–Trinajstić information content (AvgIpc) is 2.72. The number of benzene rings is 3. The summed E-state index contributed by atoms with van der Waals surface area (Å²) in [6.07, 6.45) is 0. The van der Waals surface area contributed by atoms with Gasteiger partial charge >= 0.3 is 6.03 Å². The van der Waals surface area contributed by atoms with E-state index in [-0.39, 0.29) is 24.5 Å². The molecule has 0 radical (unpaired) electrons. The summed E-state index contributed by atoms with van der Waals surface area (Å²) in [7, 11) is 3.94. The smallest absolute Gasteiger partial charge is 0.319 e. The number of carbonyl (C=O) groups excluding carboxylic acids is 1. The van der Waals surface area contributed by atoms with Crippen LogP contribution in [-0.2, 0) is 6.61 Å². The number of hydrogen-bond donors (Lipinski definition) is 2. The topological polar surface area (TPSA) is 53.6 Å². The monoisotopic (exact) mass is 407 g/mol. The fourth-order valence-corrected chi connectivity index (χ4v) is 3.07. The van der Waals surface area contributed by atoms with Gasteiger partial charge < -0.3 is 20.3 Å². The molecule has 3 aromatic rings. The molecule has 6 heteroatoms. The minimum Gasteiger partial charge on any atom is -0.489 e. The maximum atomic E-state index is 13.3. The number of amides is 2. The van der Waals surface area contributed by atoms with Crippen molar-refractivity contribution < 1.29 is 13.9 Å². The van der Waals surface area contributed by atoms with Crippen molar-refractivity contribution in [1.82, 2.24) is 10.2 Å². The summed E-state index contributed by atoms with van der Waals surface area (Å²) in [5.41, 5.74) is 2.56. The molecule has 0 spiro atoms. The van der Waals surface area contributed by atoms with Gasteiger partial charge in [0.2, 0.25) is 0 Å². The Bertz CT molecular complexity index is 963. The molecule has 3 aromatic carbocycles. The SMILES string of the molecule is CN(C)CC(NC(=O)Nc1cccc(COc2cccc(F)c2)c1)c1ccccc1. The first-order chi connectivity index (χ1) is 14.5. The lowest BCUT2D eigenvalue weighted by Crippen LogP contribution is -2.37. The van der Waals surface area contributed by atoms with Crippen LogP contribution in [0.3, 0.4) is 0 Å². The molecule has 30 heavy (non-hydrogen) atoms. The van der Waals surface area contributed by atoms with E-state index in [0.29, 0.717) is 18.0 Å². The van der Waals surface area contributed by atoms with Gasteiger partial charge in [-0.15, -0.1) is 0 Å². The van der Waals surface area contributed by atoms with Crippen molar-refractivity contribution in [2.24, 2.45) is 0 Å². The van der Waals surface area contributed by atoms with Gasteiger partial charge in [-0.2, -0.15) is 0 Å². The van der Waals surface area contributed by atoms with Gasteiger partial charge in [0, 0.05) is 18.3 Å². The van der Waals surface area contributed by atoms with Gasteiger partial charge in [0.15, 0.2) is 0 Å². The summed E-state index contributed by atoms with van der Waals surface area (Å²) in [4.78, 5) is 14.6. The molecule has 5 nitrogen and oxygen atoms in total. The van der Waals surface area contributed by atoms with E-state index in [9.17, 15) is 9.18 Å². The second-order valence-electron chi connectivity index (χ2n) is 7.27. The molecule has 0 bridgehead atoms. The van der Waals surface area contributed by atoms with Crippen LogP contribution in [0, 0.1) is 5.82 Å². The summed E-state index contributed by atoms with van der Waals surface area (Å²) in [6, 6.07) is 22.8. The molecule has 0 saturated carbocycles. The van der Waals surface area contributed by atoms with Crippen molar-refractivity contribution in [2.75, 3.05) is 26.0 Å². The Morgan fingerprint density at radius 2 is 1.77 bits per heavy atom. The Morgan fingerprint density at radius 1 is 1.00 bits per heavy atom. The Balaban J connectivity index is 1.61. The molecule has 0 heterocycles. The van der Waals surface area contributed by atoms with Crippen LogP contribution in [0.2, 0.25) is 0 Å². The number of hydrogen-bond acceptors (Lipinski definition) is 3. The Labute approximate surface area is 176 Å². The molecule has 3 rings (SSSR count). The molecule has 2 N–H and O–H groups in total. The molecule has 0 fully saturated rings. The number of carbonyl (C=O) groups is 1. The standard InChI is InChI=1S/C24H26FN3O2/c1-28(2)16-23(19-9-4-3-5-10-19)27-24(29)26-21-12-6-8-18(14-21)17-30-22-13-7-11-20(25)15-22/h3-15,23H,16-17H2,1-2H3,(H2,26,27,29). The molecule has 0 aliphatic carbocycles. The maximum absolute atomic E-state index is 13.3. The van der Waals surface area contributed by atoms with Gasteiger partial charge in [-0.25, -0.2) is 9.18 Å². The predicted molar refractivity (Wildman–Crippen MR) is 117 cm³/mol. The highest BCUT2D eigenvalue weighted by molar-refractivity contribution is 5.89. The summed E-state index contributed by atoms with van der Waals surface area (Å²) in [6.45, 7) is 0.951. The third kappa shape index (κ3) is 6.60. The zero-order valence-electron chi connectivity index (χ0n) is 17.1. The summed E-state index contributed by atoms with van der Waals surface area (Å²) >= 11 is 0. The minimum absolute atomic E-state index is 0.138. The number of likely N-dealkylation sites (N-methyl/N-ethyl adjacent to an activating group) is 1. The molecular formula is C24H26FN3O2. The van der Waals surface area contributed by atoms with E-state index >= 15 is 0 Å². The van der Waals surface area contributed by atoms with E-state index in [0.717, 1.165) is 11.1 Å². The number of anilines is 1. The zero-order chi connectivity index (χ0) is 21.3. The molecule has 1 atom stereocenters. The molecule has 156 valence electrons. The van der Waals surface area contributed by atoms with Gasteiger partial charge in [0.1, 0.15) is 18.2 Å². The van der Waals surface area contributed by atoms with Crippen LogP contribution >= 0.6 is 0 Å². The van der Waals surface area contributed by atoms with Gasteiger partial charge in [0.05, 0.1) is 6.04 Å². The maximum Gasteiger partial charge on any atom is 0.319 e. The molecule has 0 aliphatic heterocycles. The van der Waals surface area contributed by atoms with Gasteiger partial charge in [-0.3, -0.25) is 0 Å². The van der Waals surface area contributed by atoms with Gasteiger partial charge in [-0.1, -0.05) is 48.5 Å². The van der Waals surface area contributed by atoms with Gasteiger partial charge in [-0.05, 0) is 49.5 Å². The average molecular weight is 407 g/mol. The van der Waals surface area contributed by atoms with E-state index in [1.807, 2.05) is 73.6 Å². The van der Waals surface area contributed by atoms with Crippen LogP contribution in [0.25, 0.3) is 0 Å². The number of urea groups is 1. The molecule has 0 saturated heterocycles. The van der Waals surface area contributed by atoms with Gasteiger partial charge in [0.25, 0.3) is 0 Å². The Morgan fingerprint density at radius 3 is 2.50 bits per heavy atom. The molecule has 0 aliphatic rings.